The number of aromatic nitrogens is 1. The Bertz CT molecular complexity index is 481. The van der Waals surface area contributed by atoms with Gasteiger partial charge in [0.2, 0.25) is 0 Å². The van der Waals surface area contributed by atoms with Crippen LogP contribution in [0.25, 0.3) is 10.9 Å². The van der Waals surface area contributed by atoms with E-state index in [0.717, 1.165) is 22.2 Å². The number of hydrogen-bond donors (Lipinski definition) is 1. The van der Waals surface area contributed by atoms with Gasteiger partial charge in [0, 0.05) is 11.5 Å². The highest BCUT2D eigenvalue weighted by Gasteiger charge is 2.01. The number of hydrogen-bond acceptors (Lipinski definition) is 3. The van der Waals surface area contributed by atoms with Crippen LogP contribution in [0.5, 0.6) is 5.75 Å². The van der Waals surface area contributed by atoms with Gasteiger partial charge in [-0.05, 0) is 30.7 Å². The van der Waals surface area contributed by atoms with E-state index in [-0.39, 0.29) is 0 Å². The minimum Gasteiger partial charge on any atom is -0.497 e. The van der Waals surface area contributed by atoms with Gasteiger partial charge in [0.05, 0.1) is 12.6 Å². The van der Waals surface area contributed by atoms with E-state index in [9.17, 15) is 0 Å². The second kappa shape index (κ2) is 5.35. The Hall–Kier alpha value is -1.77. The molecule has 2 N–H and O–H groups in total. The number of nitrogens with zero attached hydrogens (tertiary/aromatic N) is 1. The van der Waals surface area contributed by atoms with Gasteiger partial charge in [-0.3, -0.25) is 0 Å². The summed E-state index contributed by atoms with van der Waals surface area (Å²) in [6.45, 7) is 6.02. The molecule has 86 valence electrons. The van der Waals surface area contributed by atoms with Crippen molar-refractivity contribution in [3.05, 3.63) is 29.8 Å². The summed E-state index contributed by atoms with van der Waals surface area (Å²) < 4.78 is 5.12. The van der Waals surface area contributed by atoms with Crippen LogP contribution in [0.2, 0.25) is 0 Å². The second-order valence-electron chi connectivity index (χ2n) is 3.25. The van der Waals surface area contributed by atoms with Gasteiger partial charge >= 0.3 is 0 Å². The Labute approximate surface area is 96.3 Å². The smallest absolute Gasteiger partial charge is 0.124 e. The van der Waals surface area contributed by atoms with Gasteiger partial charge < -0.3 is 10.5 Å². The van der Waals surface area contributed by atoms with Crippen molar-refractivity contribution in [2.24, 2.45) is 0 Å². The average Bonchev–Trinajstić information content (AvgIpc) is 2.30. The van der Waals surface area contributed by atoms with E-state index in [1.807, 2.05) is 45.0 Å². The first kappa shape index (κ1) is 12.3. The van der Waals surface area contributed by atoms with Crippen molar-refractivity contribution in [1.82, 2.24) is 4.98 Å². The lowest BCUT2D eigenvalue weighted by molar-refractivity contribution is 0.415. The van der Waals surface area contributed by atoms with Gasteiger partial charge in [-0.1, -0.05) is 13.8 Å². The molecule has 0 saturated carbocycles. The van der Waals surface area contributed by atoms with Gasteiger partial charge in [0.1, 0.15) is 11.6 Å². The largest absolute Gasteiger partial charge is 0.497 e. The van der Waals surface area contributed by atoms with Gasteiger partial charge in [0.15, 0.2) is 0 Å². The number of aryl methyl sites for hydroxylation is 1. The van der Waals surface area contributed by atoms with Crippen LogP contribution in [0.15, 0.2) is 24.3 Å². The molecule has 2 rings (SSSR count). The maximum atomic E-state index is 5.66. The van der Waals surface area contributed by atoms with Crippen molar-refractivity contribution in [3.63, 3.8) is 0 Å². The number of ether oxygens (including phenoxy) is 1. The van der Waals surface area contributed by atoms with Gasteiger partial charge in [-0.2, -0.15) is 0 Å². The molecule has 0 unspecified atom stereocenters. The molecule has 16 heavy (non-hydrogen) atoms. The van der Waals surface area contributed by atoms with Gasteiger partial charge in [-0.15, -0.1) is 0 Å². The molecular formula is C13H18N2O. The normalized spacial score (nSPS) is 9.50. The van der Waals surface area contributed by atoms with Crippen molar-refractivity contribution in [2.75, 3.05) is 12.8 Å². The van der Waals surface area contributed by atoms with Crippen LogP contribution in [0.1, 0.15) is 19.4 Å². The third-order valence-electron chi connectivity index (χ3n) is 2.24. The maximum Gasteiger partial charge on any atom is 0.124 e. The number of fused-ring (bicyclic) bond motifs is 1. The molecule has 1 aromatic heterocycles. The minimum atomic E-state index is 0.545. The number of pyridine rings is 1. The quantitative estimate of drug-likeness (QED) is 0.799. The van der Waals surface area contributed by atoms with Crippen LogP contribution in [-0.2, 0) is 0 Å². The van der Waals surface area contributed by atoms with Gasteiger partial charge in [-0.25, -0.2) is 4.98 Å². The van der Waals surface area contributed by atoms with E-state index in [2.05, 4.69) is 4.98 Å². The summed E-state index contributed by atoms with van der Waals surface area (Å²) in [5.41, 5.74) is 7.68. The molecule has 1 aromatic carbocycles. The number of anilines is 1. The summed E-state index contributed by atoms with van der Waals surface area (Å²) in [6, 6.07) is 7.68. The molecule has 0 saturated heterocycles. The standard InChI is InChI=1S/C11H12N2O.C2H6/c1-7-5-11(12)13-10-6-8(14-2)3-4-9(7)10;1-2/h3-6H,1-2H3,(H2,12,13);1-2H3. The number of methoxy groups -OCH3 is 1. The molecular weight excluding hydrogens is 200 g/mol. The highest BCUT2D eigenvalue weighted by Crippen LogP contribution is 2.23. The monoisotopic (exact) mass is 218 g/mol. The first-order valence-electron chi connectivity index (χ1n) is 5.41. The second-order valence-corrected chi connectivity index (χ2v) is 3.25. The van der Waals surface area contributed by atoms with Crippen LogP contribution in [0.4, 0.5) is 5.82 Å². The fraction of sp³-hybridized carbons (Fsp3) is 0.308. The molecule has 0 amide bonds. The summed E-state index contributed by atoms with van der Waals surface area (Å²) in [6.07, 6.45) is 0. The molecule has 0 aliphatic heterocycles. The van der Waals surface area contributed by atoms with E-state index >= 15 is 0 Å². The zero-order chi connectivity index (χ0) is 12.1. The molecule has 1 heterocycles. The first-order chi connectivity index (χ1) is 7.70. The first-order valence-corrected chi connectivity index (χ1v) is 5.41. The van der Waals surface area contributed by atoms with Crippen molar-refractivity contribution < 1.29 is 4.74 Å². The van der Waals surface area contributed by atoms with Crippen molar-refractivity contribution in [1.29, 1.82) is 0 Å². The molecule has 3 nitrogen and oxygen atoms in total. The third-order valence-corrected chi connectivity index (χ3v) is 2.24. The summed E-state index contributed by atoms with van der Waals surface area (Å²) in [7, 11) is 1.64. The van der Waals surface area contributed by atoms with Crippen LogP contribution < -0.4 is 10.5 Å². The van der Waals surface area contributed by atoms with E-state index < -0.39 is 0 Å². The minimum absolute atomic E-state index is 0.545. The van der Waals surface area contributed by atoms with Crippen LogP contribution >= 0.6 is 0 Å². The van der Waals surface area contributed by atoms with E-state index in [1.54, 1.807) is 7.11 Å². The lowest BCUT2D eigenvalue weighted by atomic mass is 10.1. The van der Waals surface area contributed by atoms with Crippen LogP contribution in [-0.4, -0.2) is 12.1 Å². The summed E-state index contributed by atoms with van der Waals surface area (Å²) in [5, 5.41) is 1.11. The number of nitrogens with two attached hydrogens (primary N) is 1. The Balaban J connectivity index is 0.000000606. The predicted octanol–water partition coefficient (Wildman–Crippen LogP) is 3.16. The third kappa shape index (κ3) is 2.42. The number of rotatable bonds is 1. The Morgan fingerprint density at radius 2 is 1.88 bits per heavy atom. The molecule has 2 aromatic rings. The van der Waals surface area contributed by atoms with Crippen LogP contribution in [0.3, 0.4) is 0 Å². The predicted molar refractivity (Wildman–Crippen MR) is 68.8 cm³/mol. The van der Waals surface area contributed by atoms with Crippen molar-refractivity contribution in [2.45, 2.75) is 20.8 Å². The lowest BCUT2D eigenvalue weighted by Crippen LogP contribution is -1.93. The zero-order valence-corrected chi connectivity index (χ0v) is 10.2. The molecule has 0 radical (unpaired) electrons. The molecule has 0 bridgehead atoms. The highest BCUT2D eigenvalue weighted by molar-refractivity contribution is 5.84. The molecule has 3 heteroatoms. The van der Waals surface area contributed by atoms with E-state index in [4.69, 9.17) is 10.5 Å². The highest BCUT2D eigenvalue weighted by atomic mass is 16.5. The summed E-state index contributed by atoms with van der Waals surface area (Å²) in [4.78, 5) is 4.24. The SMILES string of the molecule is CC.COc1ccc2c(C)cc(N)nc2c1. The summed E-state index contributed by atoms with van der Waals surface area (Å²) >= 11 is 0. The maximum absolute atomic E-state index is 5.66. The molecule has 0 aliphatic rings. The van der Waals surface area contributed by atoms with Crippen LogP contribution in [0, 0.1) is 6.92 Å². The fourth-order valence-electron chi connectivity index (χ4n) is 1.54. The van der Waals surface area contributed by atoms with Crippen molar-refractivity contribution in [3.8, 4) is 5.75 Å². The Morgan fingerprint density at radius 3 is 2.50 bits per heavy atom. The Kier molecular flexibility index (Phi) is 4.11. The number of nitrogen functional groups attached to an aromatic ring is 1. The molecule has 0 atom stereocenters. The number of benzene rings is 1. The van der Waals surface area contributed by atoms with E-state index in [1.165, 1.54) is 0 Å². The molecule has 0 fully saturated rings. The molecule has 0 spiro atoms. The van der Waals surface area contributed by atoms with Gasteiger partial charge in [0.25, 0.3) is 0 Å². The zero-order valence-electron chi connectivity index (χ0n) is 10.2. The topological polar surface area (TPSA) is 48.1 Å². The average molecular weight is 218 g/mol. The lowest BCUT2D eigenvalue weighted by Gasteiger charge is -2.05. The Morgan fingerprint density at radius 1 is 1.19 bits per heavy atom. The van der Waals surface area contributed by atoms with Crippen molar-refractivity contribution >= 4 is 16.7 Å². The fourth-order valence-corrected chi connectivity index (χ4v) is 1.54. The van der Waals surface area contributed by atoms with E-state index in [0.29, 0.717) is 5.82 Å². The summed E-state index contributed by atoms with van der Waals surface area (Å²) in [5.74, 6) is 1.35. The molecule has 0 aliphatic carbocycles.